The fraction of sp³-hybridized carbons (Fsp3) is 0.450. The molecular weight excluding hydrogens is 350 g/mol. The van der Waals surface area contributed by atoms with Gasteiger partial charge in [0, 0.05) is 63.2 Å². The van der Waals surface area contributed by atoms with Crippen LogP contribution in [0.4, 0.5) is 0 Å². The zero-order chi connectivity index (χ0) is 18.4. The van der Waals surface area contributed by atoms with Crippen LogP contribution in [-0.4, -0.2) is 42.2 Å². The highest BCUT2D eigenvalue weighted by molar-refractivity contribution is 6.30. The second-order valence-corrected chi connectivity index (χ2v) is 7.30. The van der Waals surface area contributed by atoms with Crippen molar-refractivity contribution >= 4 is 17.5 Å². The molecular formula is C20H26ClN3O2. The van der Waals surface area contributed by atoms with E-state index in [0.29, 0.717) is 19.6 Å². The van der Waals surface area contributed by atoms with Gasteiger partial charge in [-0.15, -0.1) is 0 Å². The third kappa shape index (κ3) is 5.34. The fourth-order valence-corrected chi connectivity index (χ4v) is 3.75. The van der Waals surface area contributed by atoms with Gasteiger partial charge in [0.05, 0.1) is 6.61 Å². The minimum Gasteiger partial charge on any atom is -0.383 e. The summed E-state index contributed by atoms with van der Waals surface area (Å²) in [6.45, 7) is 4.55. The summed E-state index contributed by atoms with van der Waals surface area (Å²) in [6.07, 6.45) is 2.63. The molecule has 0 spiro atoms. The quantitative estimate of drug-likeness (QED) is 0.757. The van der Waals surface area contributed by atoms with Gasteiger partial charge in [0.1, 0.15) is 0 Å². The standard InChI is InChI=1S/C20H26ClN3O2/c1-26-9-7-22-20(25)11-17-13-23(12-16-4-2-5-18(21)10-16)15-19-6-3-8-24(19)14-17/h2-6,8,10,17H,7,9,11-15H2,1H3,(H,22,25)/t17-/m1/s1. The van der Waals surface area contributed by atoms with Crippen LogP contribution in [0.3, 0.4) is 0 Å². The van der Waals surface area contributed by atoms with E-state index in [2.05, 4.69) is 39.2 Å². The Hall–Kier alpha value is -1.82. The number of nitrogens with one attached hydrogen (secondary N) is 1. The first-order chi connectivity index (χ1) is 12.6. The van der Waals surface area contributed by atoms with Crippen molar-refractivity contribution in [3.8, 4) is 0 Å². The molecule has 1 aromatic carbocycles. The number of ether oxygens (including phenoxy) is 1. The molecule has 26 heavy (non-hydrogen) atoms. The Morgan fingerprint density at radius 1 is 1.31 bits per heavy atom. The molecule has 1 aliphatic heterocycles. The number of rotatable bonds is 7. The third-order valence-corrected chi connectivity index (χ3v) is 4.91. The molecule has 1 aliphatic rings. The molecule has 1 amide bonds. The second kappa shape index (κ2) is 9.21. The van der Waals surface area contributed by atoms with Gasteiger partial charge in [-0.3, -0.25) is 9.69 Å². The molecule has 1 aromatic heterocycles. The van der Waals surface area contributed by atoms with E-state index in [1.807, 2.05) is 18.2 Å². The van der Waals surface area contributed by atoms with Crippen LogP contribution in [0.1, 0.15) is 17.7 Å². The minimum atomic E-state index is 0.0883. The van der Waals surface area contributed by atoms with Crippen LogP contribution in [0.15, 0.2) is 42.6 Å². The number of nitrogens with zero attached hydrogens (tertiary/aromatic N) is 2. The summed E-state index contributed by atoms with van der Waals surface area (Å²) in [7, 11) is 1.64. The summed E-state index contributed by atoms with van der Waals surface area (Å²) < 4.78 is 7.26. The number of halogens is 1. The smallest absolute Gasteiger partial charge is 0.220 e. The third-order valence-electron chi connectivity index (χ3n) is 4.68. The van der Waals surface area contributed by atoms with Crippen LogP contribution >= 0.6 is 11.6 Å². The maximum absolute atomic E-state index is 12.2. The van der Waals surface area contributed by atoms with E-state index in [1.54, 1.807) is 7.11 Å². The number of hydrogen-bond acceptors (Lipinski definition) is 3. The van der Waals surface area contributed by atoms with E-state index in [1.165, 1.54) is 11.3 Å². The average Bonchev–Trinajstić information content (AvgIpc) is 2.95. The molecule has 0 radical (unpaired) electrons. The van der Waals surface area contributed by atoms with Gasteiger partial charge in [0.15, 0.2) is 0 Å². The predicted octanol–water partition coefficient (Wildman–Crippen LogP) is 2.93. The molecule has 6 heteroatoms. The van der Waals surface area contributed by atoms with Gasteiger partial charge in [-0.1, -0.05) is 23.7 Å². The van der Waals surface area contributed by atoms with Crippen LogP contribution in [-0.2, 0) is 29.2 Å². The Balaban J connectivity index is 1.67. The number of aromatic nitrogens is 1. The second-order valence-electron chi connectivity index (χ2n) is 6.86. The summed E-state index contributed by atoms with van der Waals surface area (Å²) >= 11 is 6.13. The summed E-state index contributed by atoms with van der Waals surface area (Å²) in [6, 6.07) is 12.2. The number of amides is 1. The maximum Gasteiger partial charge on any atom is 0.220 e. The molecule has 140 valence electrons. The molecule has 0 saturated heterocycles. The lowest BCUT2D eigenvalue weighted by atomic mass is 10.0. The zero-order valence-corrected chi connectivity index (χ0v) is 15.9. The topological polar surface area (TPSA) is 46.5 Å². The molecule has 5 nitrogen and oxygen atoms in total. The van der Waals surface area contributed by atoms with Crippen LogP contribution < -0.4 is 5.32 Å². The highest BCUT2D eigenvalue weighted by Crippen LogP contribution is 2.22. The van der Waals surface area contributed by atoms with Crippen molar-refractivity contribution in [1.82, 2.24) is 14.8 Å². The van der Waals surface area contributed by atoms with Gasteiger partial charge in [0.25, 0.3) is 0 Å². The molecule has 0 bridgehead atoms. The van der Waals surface area contributed by atoms with Gasteiger partial charge in [-0.05, 0) is 35.7 Å². The SMILES string of the molecule is COCCNC(=O)C[C@@H]1CN(Cc2cccc(Cl)c2)Cc2cccn2C1. The Morgan fingerprint density at radius 3 is 3.00 bits per heavy atom. The number of hydrogen-bond donors (Lipinski definition) is 1. The molecule has 2 heterocycles. The largest absolute Gasteiger partial charge is 0.383 e. The van der Waals surface area contributed by atoms with E-state index in [9.17, 15) is 4.79 Å². The van der Waals surface area contributed by atoms with Crippen molar-refractivity contribution in [3.63, 3.8) is 0 Å². The number of carbonyl (C=O) groups is 1. The highest BCUT2D eigenvalue weighted by Gasteiger charge is 2.23. The van der Waals surface area contributed by atoms with E-state index >= 15 is 0 Å². The first-order valence-electron chi connectivity index (χ1n) is 9.00. The lowest BCUT2D eigenvalue weighted by molar-refractivity contribution is -0.122. The van der Waals surface area contributed by atoms with Crippen molar-refractivity contribution in [2.75, 3.05) is 26.8 Å². The number of benzene rings is 1. The van der Waals surface area contributed by atoms with Crippen molar-refractivity contribution < 1.29 is 9.53 Å². The lowest BCUT2D eigenvalue weighted by Gasteiger charge is -2.24. The van der Waals surface area contributed by atoms with E-state index in [4.69, 9.17) is 16.3 Å². The van der Waals surface area contributed by atoms with Gasteiger partial charge >= 0.3 is 0 Å². The van der Waals surface area contributed by atoms with E-state index in [0.717, 1.165) is 31.2 Å². The predicted molar refractivity (Wildman–Crippen MR) is 103 cm³/mol. The van der Waals surface area contributed by atoms with Crippen molar-refractivity contribution in [1.29, 1.82) is 0 Å². The van der Waals surface area contributed by atoms with Crippen molar-refractivity contribution in [2.45, 2.75) is 26.1 Å². The molecule has 1 atom stereocenters. The number of methoxy groups -OCH3 is 1. The normalized spacial score (nSPS) is 17.5. The number of fused-ring (bicyclic) bond motifs is 1. The Labute approximate surface area is 159 Å². The lowest BCUT2D eigenvalue weighted by Crippen LogP contribution is -2.33. The highest BCUT2D eigenvalue weighted by atomic mass is 35.5. The molecule has 0 fully saturated rings. The summed E-state index contributed by atoms with van der Waals surface area (Å²) in [5.41, 5.74) is 2.48. The summed E-state index contributed by atoms with van der Waals surface area (Å²) in [5.74, 6) is 0.357. The average molecular weight is 376 g/mol. The van der Waals surface area contributed by atoms with Crippen LogP contribution in [0.25, 0.3) is 0 Å². The van der Waals surface area contributed by atoms with Crippen LogP contribution in [0.5, 0.6) is 0 Å². The van der Waals surface area contributed by atoms with Gasteiger partial charge < -0.3 is 14.6 Å². The first-order valence-corrected chi connectivity index (χ1v) is 9.38. The summed E-state index contributed by atoms with van der Waals surface area (Å²) in [4.78, 5) is 14.6. The van der Waals surface area contributed by atoms with Gasteiger partial charge in [0.2, 0.25) is 5.91 Å². The molecule has 0 unspecified atom stereocenters. The van der Waals surface area contributed by atoms with Gasteiger partial charge in [-0.25, -0.2) is 0 Å². The van der Waals surface area contributed by atoms with Crippen molar-refractivity contribution in [2.24, 2.45) is 5.92 Å². The fourth-order valence-electron chi connectivity index (χ4n) is 3.54. The first kappa shape index (κ1) is 19.0. The zero-order valence-electron chi connectivity index (χ0n) is 15.2. The Kier molecular flexibility index (Phi) is 6.72. The monoisotopic (exact) mass is 375 g/mol. The van der Waals surface area contributed by atoms with E-state index in [-0.39, 0.29) is 11.8 Å². The van der Waals surface area contributed by atoms with Gasteiger partial charge in [-0.2, -0.15) is 0 Å². The van der Waals surface area contributed by atoms with Crippen molar-refractivity contribution in [3.05, 3.63) is 58.9 Å². The Bertz CT molecular complexity index is 731. The molecule has 3 rings (SSSR count). The molecule has 0 saturated carbocycles. The Morgan fingerprint density at radius 2 is 2.19 bits per heavy atom. The molecule has 1 N–H and O–H groups in total. The van der Waals surface area contributed by atoms with Crippen LogP contribution in [0, 0.1) is 5.92 Å². The molecule has 2 aromatic rings. The maximum atomic E-state index is 12.2. The number of carbonyl (C=O) groups excluding carboxylic acids is 1. The molecule has 0 aliphatic carbocycles. The minimum absolute atomic E-state index is 0.0883. The van der Waals surface area contributed by atoms with E-state index < -0.39 is 0 Å². The summed E-state index contributed by atoms with van der Waals surface area (Å²) in [5, 5.41) is 3.69. The van der Waals surface area contributed by atoms with Crippen LogP contribution in [0.2, 0.25) is 5.02 Å².